The summed E-state index contributed by atoms with van der Waals surface area (Å²) >= 11 is 6.07. The maximum Gasteiger partial charge on any atom is 0.323 e. The first-order valence-corrected chi connectivity index (χ1v) is 15.6. The Balaban J connectivity index is 1.29. The molecule has 0 aromatic heterocycles. The van der Waals surface area contributed by atoms with E-state index in [4.69, 9.17) is 16.3 Å². The number of ether oxygens (including phenoxy) is 1. The van der Waals surface area contributed by atoms with Crippen molar-refractivity contribution in [2.75, 3.05) is 23.7 Å². The number of amides is 3. The SMILES string of the molecule is O=C(Nc1ccccc1)Nc1ccc(OC(c2ccccc2)c2ccccc2)c(C(=O)N2CCC(O)(c3ccc(Cl)cc3)CC2)c1. The summed E-state index contributed by atoms with van der Waals surface area (Å²) in [6.07, 6.45) is 0.250. The van der Waals surface area contributed by atoms with Gasteiger partial charge in [0, 0.05) is 29.5 Å². The lowest BCUT2D eigenvalue weighted by atomic mass is 9.84. The summed E-state index contributed by atoms with van der Waals surface area (Å²) in [4.78, 5) is 28.8. The van der Waals surface area contributed by atoms with Gasteiger partial charge in [0.05, 0.1) is 11.2 Å². The van der Waals surface area contributed by atoms with E-state index in [1.54, 1.807) is 47.4 Å². The monoisotopic (exact) mass is 631 g/mol. The van der Waals surface area contributed by atoms with Crippen molar-refractivity contribution in [3.8, 4) is 5.75 Å². The van der Waals surface area contributed by atoms with Crippen LogP contribution >= 0.6 is 11.6 Å². The fourth-order valence-electron chi connectivity index (χ4n) is 5.70. The van der Waals surface area contributed by atoms with Crippen molar-refractivity contribution in [2.24, 2.45) is 0 Å². The van der Waals surface area contributed by atoms with Gasteiger partial charge in [-0.15, -0.1) is 0 Å². The highest BCUT2D eigenvalue weighted by atomic mass is 35.5. The Morgan fingerprint density at radius 3 is 1.85 bits per heavy atom. The quantitative estimate of drug-likeness (QED) is 0.161. The number of piperidine rings is 1. The van der Waals surface area contributed by atoms with Gasteiger partial charge in [-0.05, 0) is 72.0 Å². The molecule has 1 aliphatic rings. The summed E-state index contributed by atoms with van der Waals surface area (Å²) in [6, 6.07) is 40.6. The number of rotatable bonds is 8. The van der Waals surface area contributed by atoms with Crippen molar-refractivity contribution in [3.63, 3.8) is 0 Å². The molecule has 5 aromatic rings. The number of carbonyl (C=O) groups is 2. The van der Waals surface area contributed by atoms with Gasteiger partial charge in [0.1, 0.15) is 11.9 Å². The van der Waals surface area contributed by atoms with Gasteiger partial charge >= 0.3 is 6.03 Å². The number of halogens is 1. The molecule has 7 nitrogen and oxygen atoms in total. The van der Waals surface area contributed by atoms with E-state index in [1.807, 2.05) is 91.0 Å². The molecule has 0 radical (unpaired) electrons. The van der Waals surface area contributed by atoms with E-state index in [0.717, 1.165) is 16.7 Å². The zero-order valence-corrected chi connectivity index (χ0v) is 25.9. The highest BCUT2D eigenvalue weighted by Gasteiger charge is 2.36. The third-order valence-electron chi connectivity index (χ3n) is 8.21. The zero-order chi connectivity index (χ0) is 31.9. The van der Waals surface area contributed by atoms with E-state index in [0.29, 0.717) is 53.6 Å². The van der Waals surface area contributed by atoms with Crippen molar-refractivity contribution in [2.45, 2.75) is 24.5 Å². The van der Waals surface area contributed by atoms with Crippen molar-refractivity contribution in [1.29, 1.82) is 0 Å². The van der Waals surface area contributed by atoms with Crippen LogP contribution in [-0.4, -0.2) is 35.0 Å². The van der Waals surface area contributed by atoms with Gasteiger partial charge < -0.3 is 25.4 Å². The van der Waals surface area contributed by atoms with Crippen molar-refractivity contribution < 1.29 is 19.4 Å². The lowest BCUT2D eigenvalue weighted by molar-refractivity contribution is -0.0212. The molecule has 1 fully saturated rings. The average molecular weight is 632 g/mol. The number of anilines is 2. The number of nitrogens with one attached hydrogen (secondary N) is 2. The van der Waals surface area contributed by atoms with Crippen LogP contribution in [0, 0.1) is 0 Å². The number of carbonyl (C=O) groups excluding carboxylic acids is 2. The normalized spacial score (nSPS) is 14.0. The lowest BCUT2D eigenvalue weighted by Crippen LogP contribution is -2.45. The Bertz CT molecular complexity index is 1740. The lowest BCUT2D eigenvalue weighted by Gasteiger charge is -2.38. The number of para-hydroxylation sites is 1. The Hall–Kier alpha value is -5.11. The van der Waals surface area contributed by atoms with E-state index in [9.17, 15) is 14.7 Å². The molecule has 0 unspecified atom stereocenters. The van der Waals surface area contributed by atoms with Crippen LogP contribution in [-0.2, 0) is 5.60 Å². The fourth-order valence-corrected chi connectivity index (χ4v) is 5.83. The van der Waals surface area contributed by atoms with Crippen LogP contribution in [0.5, 0.6) is 5.75 Å². The van der Waals surface area contributed by atoms with Gasteiger partial charge in [0.25, 0.3) is 5.91 Å². The number of aliphatic hydroxyl groups is 1. The Morgan fingerprint density at radius 2 is 1.26 bits per heavy atom. The van der Waals surface area contributed by atoms with Gasteiger partial charge in [0.2, 0.25) is 0 Å². The highest BCUT2D eigenvalue weighted by molar-refractivity contribution is 6.30. The second-order valence-corrected chi connectivity index (χ2v) is 11.7. The van der Waals surface area contributed by atoms with Crippen LogP contribution in [0.3, 0.4) is 0 Å². The van der Waals surface area contributed by atoms with Crippen molar-refractivity contribution in [3.05, 3.63) is 161 Å². The molecule has 3 amide bonds. The average Bonchev–Trinajstić information content (AvgIpc) is 3.09. The Morgan fingerprint density at radius 1 is 0.717 bits per heavy atom. The third-order valence-corrected chi connectivity index (χ3v) is 8.46. The molecular formula is C38H34ClN3O4. The second kappa shape index (κ2) is 13.9. The highest BCUT2D eigenvalue weighted by Crippen LogP contribution is 2.36. The largest absolute Gasteiger partial charge is 0.480 e. The van der Waals surface area contributed by atoms with Gasteiger partial charge in [-0.25, -0.2) is 4.79 Å². The maximum absolute atomic E-state index is 14.2. The number of nitrogens with zero attached hydrogens (tertiary/aromatic N) is 1. The Labute approximate surface area is 273 Å². The molecule has 0 spiro atoms. The summed E-state index contributed by atoms with van der Waals surface area (Å²) in [7, 11) is 0. The molecule has 3 N–H and O–H groups in total. The Kier molecular flexibility index (Phi) is 9.33. The fraction of sp³-hybridized carbons (Fsp3) is 0.158. The van der Waals surface area contributed by atoms with Crippen LogP contribution in [0.25, 0.3) is 0 Å². The van der Waals surface area contributed by atoms with E-state index < -0.39 is 17.7 Å². The van der Waals surface area contributed by atoms with Gasteiger partial charge in [-0.2, -0.15) is 0 Å². The summed E-state index contributed by atoms with van der Waals surface area (Å²) in [5.41, 5.74) is 2.97. The first-order chi connectivity index (χ1) is 22.4. The smallest absolute Gasteiger partial charge is 0.323 e. The molecule has 0 saturated carbocycles. The minimum Gasteiger partial charge on any atom is -0.480 e. The summed E-state index contributed by atoms with van der Waals surface area (Å²) in [5, 5.41) is 17.7. The predicted octanol–water partition coefficient (Wildman–Crippen LogP) is 8.28. The van der Waals surface area contributed by atoms with Crippen LogP contribution in [0.4, 0.5) is 16.2 Å². The molecule has 0 aliphatic carbocycles. The van der Waals surface area contributed by atoms with E-state index in [1.165, 1.54) is 0 Å². The van der Waals surface area contributed by atoms with Crippen LogP contribution < -0.4 is 15.4 Å². The standard InChI is InChI=1S/C38H34ClN3O4/c39-30-18-16-29(17-19-30)38(45)22-24-42(25-23-38)36(43)33-26-32(41-37(44)40-31-14-8-3-9-15-31)20-21-34(33)46-35(27-10-4-1-5-11-27)28-12-6-2-7-13-28/h1-21,26,35,45H,22-25H2,(H2,40,41,44). The zero-order valence-electron chi connectivity index (χ0n) is 25.1. The third kappa shape index (κ3) is 7.23. The minimum atomic E-state index is -1.06. The van der Waals surface area contributed by atoms with E-state index in [-0.39, 0.29) is 5.91 Å². The molecule has 0 bridgehead atoms. The molecule has 0 atom stereocenters. The van der Waals surface area contributed by atoms with Gasteiger partial charge in [-0.3, -0.25) is 4.79 Å². The topological polar surface area (TPSA) is 90.9 Å². The van der Waals surface area contributed by atoms with E-state index >= 15 is 0 Å². The number of hydrogen-bond acceptors (Lipinski definition) is 4. The summed E-state index contributed by atoms with van der Waals surface area (Å²) in [5.74, 6) is 0.135. The number of urea groups is 1. The molecular weight excluding hydrogens is 598 g/mol. The molecule has 8 heteroatoms. The first-order valence-electron chi connectivity index (χ1n) is 15.2. The number of hydrogen-bond donors (Lipinski definition) is 3. The minimum absolute atomic E-state index is 0.250. The molecule has 1 aliphatic heterocycles. The molecule has 232 valence electrons. The van der Waals surface area contributed by atoms with Crippen LogP contribution in [0.1, 0.15) is 46.0 Å². The van der Waals surface area contributed by atoms with Crippen molar-refractivity contribution in [1.82, 2.24) is 4.90 Å². The number of likely N-dealkylation sites (tertiary alicyclic amines) is 1. The molecule has 6 rings (SSSR count). The summed E-state index contributed by atoms with van der Waals surface area (Å²) < 4.78 is 6.67. The molecule has 1 heterocycles. The first kappa shape index (κ1) is 30.9. The predicted molar refractivity (Wildman–Crippen MR) is 181 cm³/mol. The van der Waals surface area contributed by atoms with Gasteiger partial charge in [0.15, 0.2) is 0 Å². The van der Waals surface area contributed by atoms with Crippen LogP contribution in [0.2, 0.25) is 5.02 Å². The number of benzene rings is 5. The van der Waals surface area contributed by atoms with Gasteiger partial charge in [-0.1, -0.05) is 103 Å². The maximum atomic E-state index is 14.2. The second-order valence-electron chi connectivity index (χ2n) is 11.3. The van der Waals surface area contributed by atoms with Crippen LogP contribution in [0.15, 0.2) is 133 Å². The van der Waals surface area contributed by atoms with E-state index in [2.05, 4.69) is 10.6 Å². The molecule has 5 aromatic carbocycles. The van der Waals surface area contributed by atoms with Crippen molar-refractivity contribution >= 4 is 34.9 Å². The molecule has 1 saturated heterocycles. The summed E-state index contributed by atoms with van der Waals surface area (Å²) in [6.45, 7) is 0.675. The molecule has 46 heavy (non-hydrogen) atoms.